The molecule has 3 heterocycles. The van der Waals surface area contributed by atoms with E-state index in [1.54, 1.807) is 4.90 Å². The van der Waals surface area contributed by atoms with Gasteiger partial charge in [0.05, 0.1) is 17.8 Å². The lowest BCUT2D eigenvalue weighted by atomic mass is 9.96. The Kier molecular flexibility index (Phi) is 6.41. The van der Waals surface area contributed by atoms with Crippen LogP contribution in [0.1, 0.15) is 41.1 Å². The molecule has 0 aliphatic carbocycles. The summed E-state index contributed by atoms with van der Waals surface area (Å²) in [7, 11) is 0. The number of carbonyl (C=O) groups is 1. The molecule has 1 N–H and O–H groups in total. The van der Waals surface area contributed by atoms with Crippen LogP contribution in [0, 0.1) is 5.92 Å². The molecule has 2 aromatic rings. The first-order valence-corrected chi connectivity index (χ1v) is 10.5. The normalized spacial score (nSPS) is 17.3. The molecule has 2 aliphatic heterocycles. The van der Waals surface area contributed by atoms with Crippen molar-refractivity contribution >= 4 is 6.03 Å². The van der Waals surface area contributed by atoms with Crippen LogP contribution in [-0.4, -0.2) is 40.7 Å². The minimum Gasteiger partial charge on any atom is -0.381 e. The summed E-state index contributed by atoms with van der Waals surface area (Å²) in [5.41, 5.74) is 1.83. The zero-order chi connectivity index (χ0) is 21.8. The second kappa shape index (κ2) is 9.21. The molecule has 0 radical (unpaired) electrons. The molecule has 2 amide bonds. The number of ether oxygens (including phenoxy) is 1. The second-order valence-electron chi connectivity index (χ2n) is 8.04. The lowest BCUT2D eigenvalue weighted by Crippen LogP contribution is -2.43. The van der Waals surface area contributed by atoms with E-state index in [1.165, 1.54) is 12.1 Å². The number of rotatable bonds is 4. The maximum atomic E-state index is 12.7. The van der Waals surface area contributed by atoms with Gasteiger partial charge in [0.25, 0.3) is 0 Å². The molecule has 166 valence electrons. The van der Waals surface area contributed by atoms with Crippen LogP contribution in [0.25, 0.3) is 0 Å². The highest BCUT2D eigenvalue weighted by molar-refractivity contribution is 5.74. The summed E-state index contributed by atoms with van der Waals surface area (Å²) in [6.07, 6.45) is 1.03. The summed E-state index contributed by atoms with van der Waals surface area (Å²) in [6.45, 7) is 2.68. The van der Waals surface area contributed by atoms with E-state index in [-0.39, 0.29) is 12.6 Å². The van der Waals surface area contributed by atoms with Crippen molar-refractivity contribution in [1.82, 2.24) is 20.2 Å². The predicted molar refractivity (Wildman–Crippen MR) is 107 cm³/mol. The lowest BCUT2D eigenvalue weighted by molar-refractivity contribution is -0.137. The quantitative estimate of drug-likeness (QED) is 0.796. The fourth-order valence-electron chi connectivity index (χ4n) is 3.93. The third-order valence-corrected chi connectivity index (χ3v) is 5.82. The Labute approximate surface area is 178 Å². The number of nitrogens with one attached hydrogen (secondary N) is 1. The van der Waals surface area contributed by atoms with E-state index in [4.69, 9.17) is 9.72 Å². The maximum absolute atomic E-state index is 12.7. The molecule has 0 unspecified atom stereocenters. The molecule has 1 fully saturated rings. The topological polar surface area (TPSA) is 67.4 Å². The van der Waals surface area contributed by atoms with Crippen LogP contribution in [0.15, 0.2) is 30.5 Å². The van der Waals surface area contributed by atoms with Crippen molar-refractivity contribution in [3.8, 4) is 0 Å². The second-order valence-corrected chi connectivity index (χ2v) is 8.04. The molecular weight excluding hydrogens is 409 g/mol. The number of amides is 2. The average molecular weight is 434 g/mol. The minimum atomic E-state index is -4.37. The molecule has 1 aromatic carbocycles. The smallest absolute Gasteiger partial charge is 0.381 e. The summed E-state index contributed by atoms with van der Waals surface area (Å²) in [5.74, 6) is 1.33. The molecule has 0 bridgehead atoms. The Balaban J connectivity index is 1.33. The van der Waals surface area contributed by atoms with Gasteiger partial charge in [-0.2, -0.15) is 13.2 Å². The number of urea groups is 1. The SMILES string of the molecule is O=C(NCc1ccc(C(F)(F)F)cc1)N1CCc2cnc(CC3CCOCC3)nc2C1. The molecule has 31 heavy (non-hydrogen) atoms. The number of benzene rings is 1. The molecule has 1 aromatic heterocycles. The minimum absolute atomic E-state index is 0.166. The van der Waals surface area contributed by atoms with Crippen molar-refractivity contribution < 1.29 is 22.7 Å². The van der Waals surface area contributed by atoms with Gasteiger partial charge in [0.2, 0.25) is 0 Å². The van der Waals surface area contributed by atoms with E-state index in [2.05, 4.69) is 10.3 Å². The van der Waals surface area contributed by atoms with E-state index in [0.717, 1.165) is 61.7 Å². The van der Waals surface area contributed by atoms with Gasteiger partial charge in [-0.05, 0) is 48.4 Å². The zero-order valence-electron chi connectivity index (χ0n) is 17.1. The number of aromatic nitrogens is 2. The van der Waals surface area contributed by atoms with Crippen LogP contribution in [0.2, 0.25) is 0 Å². The first kappa shape index (κ1) is 21.5. The Morgan fingerprint density at radius 2 is 1.94 bits per heavy atom. The van der Waals surface area contributed by atoms with Crippen molar-refractivity contribution in [3.63, 3.8) is 0 Å². The van der Waals surface area contributed by atoms with Crippen LogP contribution < -0.4 is 5.32 Å². The standard InChI is InChI=1S/C22H25F3N4O2/c23-22(24,25)18-3-1-16(2-4-18)12-27-21(30)29-8-5-17-13-26-20(28-19(17)14-29)11-15-6-9-31-10-7-15/h1-4,13,15H,5-12,14H2,(H,27,30). The Morgan fingerprint density at radius 1 is 1.19 bits per heavy atom. The van der Waals surface area contributed by atoms with Gasteiger partial charge >= 0.3 is 12.2 Å². The van der Waals surface area contributed by atoms with E-state index in [0.29, 0.717) is 31.0 Å². The third-order valence-electron chi connectivity index (χ3n) is 5.82. The Hall–Kier alpha value is -2.68. The van der Waals surface area contributed by atoms with E-state index in [9.17, 15) is 18.0 Å². The van der Waals surface area contributed by atoms with Gasteiger partial charge in [-0.1, -0.05) is 12.1 Å². The number of hydrogen-bond donors (Lipinski definition) is 1. The highest BCUT2D eigenvalue weighted by Gasteiger charge is 2.30. The van der Waals surface area contributed by atoms with Crippen molar-refractivity contribution in [2.24, 2.45) is 5.92 Å². The zero-order valence-corrected chi connectivity index (χ0v) is 17.1. The first-order valence-electron chi connectivity index (χ1n) is 10.5. The Morgan fingerprint density at radius 3 is 2.65 bits per heavy atom. The van der Waals surface area contributed by atoms with Crippen LogP contribution in [0.4, 0.5) is 18.0 Å². The van der Waals surface area contributed by atoms with Crippen LogP contribution in [-0.2, 0) is 36.8 Å². The predicted octanol–water partition coefficient (Wildman–Crippen LogP) is 3.73. The number of alkyl halides is 3. The van der Waals surface area contributed by atoms with Gasteiger partial charge < -0.3 is 15.0 Å². The van der Waals surface area contributed by atoms with Crippen molar-refractivity contribution in [1.29, 1.82) is 0 Å². The van der Waals surface area contributed by atoms with Gasteiger partial charge in [-0.3, -0.25) is 0 Å². The average Bonchev–Trinajstić information content (AvgIpc) is 2.77. The van der Waals surface area contributed by atoms with E-state index < -0.39 is 11.7 Å². The van der Waals surface area contributed by atoms with Crippen LogP contribution >= 0.6 is 0 Å². The van der Waals surface area contributed by atoms with Crippen LogP contribution in [0.5, 0.6) is 0 Å². The van der Waals surface area contributed by atoms with Crippen molar-refractivity contribution in [2.75, 3.05) is 19.8 Å². The monoisotopic (exact) mass is 434 g/mol. The fraction of sp³-hybridized carbons (Fsp3) is 0.500. The van der Waals surface area contributed by atoms with Crippen molar-refractivity contribution in [3.05, 3.63) is 58.7 Å². The third kappa shape index (κ3) is 5.52. The summed E-state index contributed by atoms with van der Waals surface area (Å²) in [4.78, 5) is 23.5. The number of halogens is 3. The molecule has 4 rings (SSSR count). The van der Waals surface area contributed by atoms with Gasteiger partial charge in [-0.25, -0.2) is 14.8 Å². The van der Waals surface area contributed by atoms with Crippen LogP contribution in [0.3, 0.4) is 0 Å². The lowest BCUT2D eigenvalue weighted by Gasteiger charge is -2.28. The number of hydrogen-bond acceptors (Lipinski definition) is 4. The van der Waals surface area contributed by atoms with Gasteiger partial charge in [0, 0.05) is 38.9 Å². The van der Waals surface area contributed by atoms with Gasteiger partial charge in [0.1, 0.15) is 5.82 Å². The molecule has 1 saturated heterocycles. The summed E-state index contributed by atoms with van der Waals surface area (Å²) >= 11 is 0. The van der Waals surface area contributed by atoms with E-state index in [1.807, 2.05) is 6.20 Å². The first-order chi connectivity index (χ1) is 14.9. The number of fused-ring (bicyclic) bond motifs is 1. The molecule has 2 aliphatic rings. The highest BCUT2D eigenvalue weighted by Crippen LogP contribution is 2.29. The molecule has 0 atom stereocenters. The Bertz CT molecular complexity index is 912. The van der Waals surface area contributed by atoms with Gasteiger partial charge in [-0.15, -0.1) is 0 Å². The molecular formula is C22H25F3N4O2. The fourth-order valence-corrected chi connectivity index (χ4v) is 3.93. The molecule has 6 nitrogen and oxygen atoms in total. The largest absolute Gasteiger partial charge is 0.416 e. The number of carbonyl (C=O) groups excluding carboxylic acids is 1. The maximum Gasteiger partial charge on any atom is 0.416 e. The van der Waals surface area contributed by atoms with Gasteiger partial charge in [0.15, 0.2) is 0 Å². The summed E-state index contributed by atoms with van der Waals surface area (Å²) < 4.78 is 43.4. The number of nitrogens with zero attached hydrogens (tertiary/aromatic N) is 3. The molecule has 9 heteroatoms. The molecule has 0 spiro atoms. The highest BCUT2D eigenvalue weighted by atomic mass is 19.4. The molecule has 0 saturated carbocycles. The summed E-state index contributed by atoms with van der Waals surface area (Å²) in [5, 5.41) is 2.79. The van der Waals surface area contributed by atoms with Crippen molar-refractivity contribution in [2.45, 2.75) is 44.9 Å². The van der Waals surface area contributed by atoms with E-state index >= 15 is 0 Å². The summed E-state index contributed by atoms with van der Waals surface area (Å²) in [6, 6.07) is 4.55.